The number of hydrogen-bond donors (Lipinski definition) is 1. The van der Waals surface area contributed by atoms with Crippen LogP contribution in [0.15, 0.2) is 71.6 Å². The maximum absolute atomic E-state index is 5.80. The lowest BCUT2D eigenvalue weighted by molar-refractivity contribution is 0.250. The van der Waals surface area contributed by atoms with Crippen LogP contribution < -0.4 is 10.1 Å². The summed E-state index contributed by atoms with van der Waals surface area (Å²) in [6, 6.07) is 16.3. The van der Waals surface area contributed by atoms with Gasteiger partial charge in [-0.3, -0.25) is 9.88 Å². The van der Waals surface area contributed by atoms with Crippen LogP contribution in [0.25, 0.3) is 0 Å². The van der Waals surface area contributed by atoms with Crippen LogP contribution in [0.2, 0.25) is 0 Å². The molecule has 26 heavy (non-hydrogen) atoms. The predicted octanol–water partition coefficient (Wildman–Crippen LogP) is 3.65. The molecule has 3 aromatic rings. The first-order valence-electron chi connectivity index (χ1n) is 8.73. The van der Waals surface area contributed by atoms with E-state index in [2.05, 4.69) is 41.4 Å². The predicted molar refractivity (Wildman–Crippen MR) is 102 cm³/mol. The van der Waals surface area contributed by atoms with Crippen LogP contribution >= 0.6 is 0 Å². The van der Waals surface area contributed by atoms with Gasteiger partial charge >= 0.3 is 0 Å². The van der Waals surface area contributed by atoms with Gasteiger partial charge in [-0.2, -0.15) is 0 Å². The van der Waals surface area contributed by atoms with Crippen molar-refractivity contribution in [2.24, 2.45) is 0 Å². The third kappa shape index (κ3) is 5.18. The zero-order chi connectivity index (χ0) is 18.2. The van der Waals surface area contributed by atoms with Crippen molar-refractivity contribution in [1.29, 1.82) is 0 Å². The maximum Gasteiger partial charge on any atom is 0.122 e. The van der Waals surface area contributed by atoms with E-state index in [0.29, 0.717) is 6.61 Å². The van der Waals surface area contributed by atoms with Crippen molar-refractivity contribution < 1.29 is 9.15 Å². The number of nitrogens with zero attached hydrogens (tertiary/aromatic N) is 2. The fraction of sp³-hybridized carbons (Fsp3) is 0.286. The Kier molecular flexibility index (Phi) is 6.41. The minimum Gasteiger partial charge on any atom is -0.489 e. The molecule has 5 nitrogen and oxygen atoms in total. The van der Waals surface area contributed by atoms with E-state index in [9.17, 15) is 0 Å². The first-order chi connectivity index (χ1) is 12.7. The lowest BCUT2D eigenvalue weighted by Gasteiger charge is -2.22. The Hall–Kier alpha value is -2.63. The van der Waals surface area contributed by atoms with Crippen LogP contribution in [-0.2, 0) is 13.2 Å². The molecule has 0 aliphatic heterocycles. The van der Waals surface area contributed by atoms with Crippen LogP contribution in [0.5, 0.6) is 5.75 Å². The highest BCUT2D eigenvalue weighted by atomic mass is 16.5. The number of furan rings is 1. The van der Waals surface area contributed by atoms with Crippen molar-refractivity contribution in [3.63, 3.8) is 0 Å². The van der Waals surface area contributed by atoms with Crippen LogP contribution in [0.3, 0.4) is 0 Å². The molecule has 0 aliphatic carbocycles. The topological polar surface area (TPSA) is 50.5 Å². The lowest BCUT2D eigenvalue weighted by Crippen LogP contribution is -2.30. The highest BCUT2D eigenvalue weighted by Crippen LogP contribution is 2.18. The molecule has 136 valence electrons. The zero-order valence-electron chi connectivity index (χ0n) is 15.3. The molecule has 1 aromatic carbocycles. The summed E-state index contributed by atoms with van der Waals surface area (Å²) in [7, 11) is 4.12. The quantitative estimate of drug-likeness (QED) is 0.638. The minimum atomic E-state index is 0.216. The van der Waals surface area contributed by atoms with E-state index in [1.807, 2.05) is 36.4 Å². The van der Waals surface area contributed by atoms with E-state index >= 15 is 0 Å². The molecule has 2 heterocycles. The van der Waals surface area contributed by atoms with Gasteiger partial charge in [-0.05, 0) is 61.6 Å². The van der Waals surface area contributed by atoms with Gasteiger partial charge in [-0.1, -0.05) is 12.1 Å². The fourth-order valence-corrected chi connectivity index (χ4v) is 2.72. The van der Waals surface area contributed by atoms with Gasteiger partial charge in [0.2, 0.25) is 0 Å². The lowest BCUT2D eigenvalue weighted by atomic mass is 10.2. The number of rotatable bonds is 9. The van der Waals surface area contributed by atoms with E-state index < -0.39 is 0 Å². The molecule has 0 fully saturated rings. The Bertz CT molecular complexity index is 756. The molecule has 0 saturated heterocycles. The Morgan fingerprint density at radius 2 is 1.81 bits per heavy atom. The first-order valence-corrected chi connectivity index (χ1v) is 8.73. The second-order valence-corrected chi connectivity index (χ2v) is 6.41. The third-order valence-electron chi connectivity index (χ3n) is 4.24. The van der Waals surface area contributed by atoms with E-state index in [4.69, 9.17) is 9.15 Å². The number of likely N-dealkylation sites (N-methyl/N-ethyl adjacent to an activating group) is 1. The van der Waals surface area contributed by atoms with E-state index in [1.165, 1.54) is 5.56 Å². The highest BCUT2D eigenvalue weighted by molar-refractivity contribution is 5.27. The molecular weight excluding hydrogens is 326 g/mol. The van der Waals surface area contributed by atoms with Crippen molar-refractivity contribution in [2.45, 2.75) is 19.2 Å². The van der Waals surface area contributed by atoms with Gasteiger partial charge < -0.3 is 14.5 Å². The number of hydrogen-bond acceptors (Lipinski definition) is 5. The summed E-state index contributed by atoms with van der Waals surface area (Å²) in [5.41, 5.74) is 2.33. The summed E-state index contributed by atoms with van der Waals surface area (Å²) in [4.78, 5) is 6.16. The van der Waals surface area contributed by atoms with Crippen LogP contribution in [-0.4, -0.2) is 30.5 Å². The third-order valence-corrected chi connectivity index (χ3v) is 4.24. The summed E-state index contributed by atoms with van der Waals surface area (Å²) < 4.78 is 11.3. The molecule has 5 heteroatoms. The fourth-order valence-electron chi connectivity index (χ4n) is 2.72. The normalized spacial score (nSPS) is 12.3. The summed E-state index contributed by atoms with van der Waals surface area (Å²) in [5.74, 6) is 1.84. The first kappa shape index (κ1) is 18.2. The summed E-state index contributed by atoms with van der Waals surface area (Å²) in [5, 5.41) is 3.50. The molecule has 1 unspecified atom stereocenters. The molecule has 0 aliphatic rings. The summed E-state index contributed by atoms with van der Waals surface area (Å²) in [6.45, 7) is 2.17. The minimum absolute atomic E-state index is 0.216. The maximum atomic E-state index is 5.80. The molecule has 0 bridgehead atoms. The Morgan fingerprint density at radius 1 is 1.04 bits per heavy atom. The van der Waals surface area contributed by atoms with Crippen LogP contribution in [0.4, 0.5) is 0 Å². The summed E-state index contributed by atoms with van der Waals surface area (Å²) >= 11 is 0. The summed E-state index contributed by atoms with van der Waals surface area (Å²) in [6.07, 6.45) is 5.27. The van der Waals surface area contributed by atoms with Gasteiger partial charge in [0, 0.05) is 25.5 Å². The molecule has 0 radical (unpaired) electrons. The van der Waals surface area contributed by atoms with Gasteiger partial charge in [0.15, 0.2) is 0 Å². The second-order valence-electron chi connectivity index (χ2n) is 6.41. The molecular formula is C21H25N3O2. The van der Waals surface area contributed by atoms with E-state index in [0.717, 1.165) is 30.2 Å². The number of pyridine rings is 1. The molecule has 1 N–H and O–H groups in total. The second kappa shape index (κ2) is 9.17. The number of benzene rings is 1. The van der Waals surface area contributed by atoms with E-state index in [-0.39, 0.29) is 6.04 Å². The molecule has 0 amide bonds. The van der Waals surface area contributed by atoms with Gasteiger partial charge in [0.1, 0.15) is 18.1 Å². The van der Waals surface area contributed by atoms with Gasteiger partial charge in [-0.25, -0.2) is 0 Å². The number of aromatic nitrogens is 1. The molecule has 0 spiro atoms. The van der Waals surface area contributed by atoms with Crippen LogP contribution in [0, 0.1) is 0 Å². The average molecular weight is 351 g/mol. The van der Waals surface area contributed by atoms with Gasteiger partial charge in [0.25, 0.3) is 0 Å². The Balaban J connectivity index is 1.46. The molecule has 2 aromatic heterocycles. The molecule has 3 rings (SSSR count). The van der Waals surface area contributed by atoms with Gasteiger partial charge in [-0.15, -0.1) is 0 Å². The smallest absolute Gasteiger partial charge is 0.122 e. The molecule has 1 atom stereocenters. The van der Waals surface area contributed by atoms with Crippen molar-refractivity contribution in [3.8, 4) is 5.75 Å². The zero-order valence-corrected chi connectivity index (χ0v) is 15.3. The largest absolute Gasteiger partial charge is 0.489 e. The van der Waals surface area contributed by atoms with Crippen molar-refractivity contribution in [1.82, 2.24) is 15.2 Å². The SMILES string of the molecule is CN(C)C(CNCc1ccc(OCc2ccncc2)cc1)c1ccco1. The van der Waals surface area contributed by atoms with Crippen LogP contribution in [0.1, 0.15) is 22.9 Å². The number of ether oxygens (including phenoxy) is 1. The number of nitrogens with one attached hydrogen (secondary N) is 1. The standard InChI is InChI=1S/C21H25N3O2/c1-24(2)20(21-4-3-13-25-21)15-23-14-17-5-7-19(8-6-17)26-16-18-9-11-22-12-10-18/h3-13,20,23H,14-16H2,1-2H3. The van der Waals surface area contributed by atoms with Crippen molar-refractivity contribution >= 4 is 0 Å². The van der Waals surface area contributed by atoms with E-state index in [1.54, 1.807) is 18.7 Å². The average Bonchev–Trinajstić information content (AvgIpc) is 3.19. The molecule has 0 saturated carbocycles. The van der Waals surface area contributed by atoms with Crippen molar-refractivity contribution in [2.75, 3.05) is 20.6 Å². The Labute approximate surface area is 154 Å². The van der Waals surface area contributed by atoms with Gasteiger partial charge in [0.05, 0.1) is 12.3 Å². The Morgan fingerprint density at radius 3 is 2.46 bits per heavy atom. The highest BCUT2D eigenvalue weighted by Gasteiger charge is 2.16. The van der Waals surface area contributed by atoms with Crippen molar-refractivity contribution in [3.05, 3.63) is 84.1 Å². The monoisotopic (exact) mass is 351 g/mol.